The fraction of sp³-hybridized carbons (Fsp3) is 0.571. The minimum absolute atomic E-state index is 0.0940. The van der Waals surface area contributed by atoms with Gasteiger partial charge in [-0.05, 0) is 61.4 Å². The van der Waals surface area contributed by atoms with E-state index in [-0.39, 0.29) is 30.7 Å². The van der Waals surface area contributed by atoms with Crippen LogP contribution in [0.3, 0.4) is 0 Å². The van der Waals surface area contributed by atoms with Crippen LogP contribution in [0.15, 0.2) is 49.1 Å². The lowest BCUT2D eigenvalue weighted by molar-refractivity contribution is -0.169. The summed E-state index contributed by atoms with van der Waals surface area (Å²) in [5.74, 6) is -4.94. The van der Waals surface area contributed by atoms with Crippen LogP contribution in [-0.2, 0) is 64.9 Å². The summed E-state index contributed by atoms with van der Waals surface area (Å²) >= 11 is 0. The molecule has 0 bridgehead atoms. The molecule has 1 aliphatic carbocycles. The normalized spacial score (nSPS) is 19.6. The Balaban J connectivity index is 2.51. The molecule has 1 fully saturated rings. The molecule has 11 nitrogen and oxygen atoms in total. The molecule has 1 aromatic rings. The van der Waals surface area contributed by atoms with E-state index in [1.165, 1.54) is 35.5 Å². The Morgan fingerprint density at radius 2 is 1.38 bits per heavy atom. The third-order valence-corrected chi connectivity index (χ3v) is 14.1. The Morgan fingerprint density at radius 1 is 0.851 bits per heavy atom. The average molecular weight is 675 g/mol. The number of carbonyl (C=O) groups excluding carboxylic acids is 5. The second-order valence-electron chi connectivity index (χ2n) is 13.4. The minimum Gasteiger partial charge on any atom is -0.468 e. The molecule has 0 saturated heterocycles. The lowest BCUT2D eigenvalue weighted by atomic mass is 9.76. The maximum Gasteiger partial charge on any atom is 0.323 e. The third kappa shape index (κ3) is 8.03. The summed E-state index contributed by atoms with van der Waals surface area (Å²) in [6.07, 6.45) is 5.23. The second kappa shape index (κ2) is 15.4. The summed E-state index contributed by atoms with van der Waals surface area (Å²) in [7, 11) is 3.68. The fourth-order valence-corrected chi connectivity index (χ4v) is 7.24. The van der Waals surface area contributed by atoms with E-state index in [1.54, 1.807) is 42.5 Å². The van der Waals surface area contributed by atoms with E-state index in [9.17, 15) is 24.0 Å². The van der Waals surface area contributed by atoms with Gasteiger partial charge >= 0.3 is 29.8 Å². The highest BCUT2D eigenvalue weighted by molar-refractivity contribution is 6.74. The van der Waals surface area contributed by atoms with Crippen molar-refractivity contribution in [2.24, 2.45) is 16.7 Å². The highest BCUT2D eigenvalue weighted by atomic mass is 28.4. The topological polar surface area (TPSA) is 141 Å². The number of rotatable bonds is 16. The van der Waals surface area contributed by atoms with E-state index < -0.39 is 60.5 Å². The van der Waals surface area contributed by atoms with Crippen LogP contribution in [-0.4, -0.2) is 79.3 Å². The van der Waals surface area contributed by atoms with Crippen LogP contribution in [0.25, 0.3) is 0 Å². The molecule has 1 aliphatic rings. The van der Waals surface area contributed by atoms with Crippen molar-refractivity contribution >= 4 is 38.2 Å². The molecule has 0 spiro atoms. The molecular weight excluding hydrogens is 624 g/mol. The highest BCUT2D eigenvalue weighted by Crippen LogP contribution is 2.65. The van der Waals surface area contributed by atoms with E-state index in [2.05, 4.69) is 40.4 Å². The first-order chi connectivity index (χ1) is 21.9. The molecule has 2 unspecified atom stereocenters. The molecule has 0 N–H and O–H groups in total. The number of ether oxygens (including phenoxy) is 5. The van der Waals surface area contributed by atoms with Gasteiger partial charge < -0.3 is 28.1 Å². The molecule has 47 heavy (non-hydrogen) atoms. The third-order valence-electron chi connectivity index (χ3n) is 9.66. The molecule has 1 saturated carbocycles. The molecular formula is C35H50O11Si. The van der Waals surface area contributed by atoms with Crippen molar-refractivity contribution < 1.29 is 52.1 Å². The molecule has 0 aliphatic heterocycles. The summed E-state index contributed by atoms with van der Waals surface area (Å²) in [6, 6.07) is 6.80. The maximum absolute atomic E-state index is 13.4. The van der Waals surface area contributed by atoms with Crippen molar-refractivity contribution in [3.63, 3.8) is 0 Å². The molecule has 0 radical (unpaired) electrons. The van der Waals surface area contributed by atoms with Gasteiger partial charge in [-0.3, -0.25) is 24.0 Å². The van der Waals surface area contributed by atoms with Crippen molar-refractivity contribution in [3.05, 3.63) is 60.2 Å². The van der Waals surface area contributed by atoms with E-state index in [1.807, 2.05) is 0 Å². The molecule has 260 valence electrons. The summed E-state index contributed by atoms with van der Waals surface area (Å²) in [6.45, 7) is 14.5. The predicted octanol–water partition coefficient (Wildman–Crippen LogP) is 4.91. The van der Waals surface area contributed by atoms with Gasteiger partial charge in [0.15, 0.2) is 19.7 Å². The van der Waals surface area contributed by atoms with Gasteiger partial charge in [0, 0.05) is 0 Å². The molecule has 12 heteroatoms. The summed E-state index contributed by atoms with van der Waals surface area (Å²) in [4.78, 5) is 64.9. The highest BCUT2D eigenvalue weighted by Gasteiger charge is 2.73. The number of methoxy groups -OCH3 is 5. The van der Waals surface area contributed by atoms with Crippen molar-refractivity contribution in [2.75, 3.05) is 35.5 Å². The molecule has 0 aromatic heterocycles. The molecule has 0 heterocycles. The lowest BCUT2D eigenvalue weighted by Crippen LogP contribution is -2.47. The lowest BCUT2D eigenvalue weighted by Gasteiger charge is -2.40. The van der Waals surface area contributed by atoms with Gasteiger partial charge in [-0.15, -0.1) is 6.58 Å². The zero-order valence-corrected chi connectivity index (χ0v) is 30.4. The van der Waals surface area contributed by atoms with Crippen LogP contribution in [0.5, 0.6) is 0 Å². The number of carbonyl (C=O) groups is 5. The molecule has 0 amide bonds. The quantitative estimate of drug-likeness (QED) is 0.0776. The van der Waals surface area contributed by atoms with Gasteiger partial charge in [0.25, 0.3) is 0 Å². The molecule has 2 rings (SSSR count). The first-order valence-corrected chi connectivity index (χ1v) is 18.3. The predicted molar refractivity (Wildman–Crippen MR) is 176 cm³/mol. The Morgan fingerprint density at radius 3 is 1.83 bits per heavy atom. The van der Waals surface area contributed by atoms with Gasteiger partial charge in [0.2, 0.25) is 0 Å². The largest absolute Gasteiger partial charge is 0.468 e. The summed E-state index contributed by atoms with van der Waals surface area (Å²) < 4.78 is 31.8. The Bertz CT molecular complexity index is 1340. The van der Waals surface area contributed by atoms with Crippen LogP contribution in [0.1, 0.15) is 51.2 Å². The number of esters is 5. The zero-order chi connectivity index (χ0) is 35.8. The first kappa shape index (κ1) is 39.4. The number of hydrogen-bond acceptors (Lipinski definition) is 11. The SMILES string of the molecule is C=CC1(O[Si](C)(C)C(C)(C)C)CC1(C/C=C/CC(Cc1ccccc1CC(C(=O)OC)C(=O)OC)(C(=O)OC)C(=O)OC)C(=O)OC. The van der Waals surface area contributed by atoms with Gasteiger partial charge in [0.1, 0.15) is 5.41 Å². The van der Waals surface area contributed by atoms with Crippen molar-refractivity contribution in [2.45, 2.75) is 76.6 Å². The molecule has 1 aromatic carbocycles. The van der Waals surface area contributed by atoms with Crippen LogP contribution >= 0.6 is 0 Å². The monoisotopic (exact) mass is 674 g/mol. The van der Waals surface area contributed by atoms with E-state index in [0.717, 1.165) is 0 Å². The van der Waals surface area contributed by atoms with Gasteiger partial charge in [0.05, 0.1) is 41.2 Å². The van der Waals surface area contributed by atoms with Gasteiger partial charge in [-0.2, -0.15) is 0 Å². The second-order valence-corrected chi connectivity index (χ2v) is 18.1. The van der Waals surface area contributed by atoms with E-state index >= 15 is 0 Å². The maximum atomic E-state index is 13.4. The van der Waals surface area contributed by atoms with Crippen molar-refractivity contribution in [3.8, 4) is 0 Å². The van der Waals surface area contributed by atoms with Crippen LogP contribution < -0.4 is 0 Å². The number of allylic oxidation sites excluding steroid dienone is 2. The van der Waals surface area contributed by atoms with E-state index in [4.69, 9.17) is 28.1 Å². The standard InChI is InChI=1S/C35H50O11Si/c1-12-35(46-47(10,11)32(2,3)4)23-34(35,31(40)45-9)20-16-15-19-33(29(38)43-7,30(39)44-8)22-25-18-14-13-17-24(25)21-26(27(36)41-5)28(37)42-6/h12-18,26H,1,19-23H2,2-11H3/b16-15+. The van der Waals surface area contributed by atoms with Crippen LogP contribution in [0.2, 0.25) is 18.1 Å². The Kier molecular flexibility index (Phi) is 12.9. The van der Waals surface area contributed by atoms with E-state index in [0.29, 0.717) is 17.5 Å². The smallest absolute Gasteiger partial charge is 0.323 e. The number of benzene rings is 1. The van der Waals surface area contributed by atoms with Crippen LogP contribution in [0.4, 0.5) is 0 Å². The Hall–Kier alpha value is -3.77. The minimum atomic E-state index is -2.33. The molecule has 2 atom stereocenters. The summed E-state index contributed by atoms with van der Waals surface area (Å²) in [5.41, 5.74) is -2.76. The number of hydrogen-bond donors (Lipinski definition) is 0. The van der Waals surface area contributed by atoms with Gasteiger partial charge in [-0.25, -0.2) is 0 Å². The average Bonchev–Trinajstić information content (AvgIpc) is 3.69. The first-order valence-electron chi connectivity index (χ1n) is 15.4. The van der Waals surface area contributed by atoms with Crippen molar-refractivity contribution in [1.29, 1.82) is 0 Å². The zero-order valence-electron chi connectivity index (χ0n) is 29.4. The van der Waals surface area contributed by atoms with Gasteiger partial charge in [-0.1, -0.05) is 63.3 Å². The Labute approximate surface area is 279 Å². The van der Waals surface area contributed by atoms with Crippen LogP contribution in [0, 0.1) is 16.7 Å². The summed E-state index contributed by atoms with van der Waals surface area (Å²) in [5, 5.41) is -0.117. The van der Waals surface area contributed by atoms with Crippen molar-refractivity contribution in [1.82, 2.24) is 0 Å². The fourth-order valence-electron chi connectivity index (χ4n) is 5.67.